The van der Waals surface area contributed by atoms with Gasteiger partial charge in [0, 0.05) is 12.8 Å². The topological polar surface area (TPSA) is 46.5 Å². The van der Waals surface area contributed by atoms with E-state index in [9.17, 15) is 9.90 Å². The van der Waals surface area contributed by atoms with Crippen LogP contribution in [0.4, 0.5) is 0 Å². The van der Waals surface area contributed by atoms with Crippen LogP contribution in [0.3, 0.4) is 0 Å². The van der Waals surface area contributed by atoms with Gasteiger partial charge < -0.3 is 14.3 Å². The van der Waals surface area contributed by atoms with E-state index < -0.39 is 6.10 Å². The second kappa shape index (κ2) is 10.8. The number of rotatable bonds is 13. The molecule has 3 heterocycles. The van der Waals surface area contributed by atoms with Crippen LogP contribution in [-0.2, 0) is 9.53 Å². The third-order valence-corrected chi connectivity index (χ3v) is 7.51. The van der Waals surface area contributed by atoms with Crippen LogP contribution in [0.25, 0.3) is 0 Å². The van der Waals surface area contributed by atoms with E-state index in [1.165, 1.54) is 38.9 Å². The molecule has 0 radical (unpaired) electrons. The van der Waals surface area contributed by atoms with E-state index in [0.29, 0.717) is 6.61 Å². The van der Waals surface area contributed by atoms with Crippen LogP contribution >= 0.6 is 0 Å². The number of ether oxygens (including phenoxy) is 1. The molecule has 158 valence electrons. The highest BCUT2D eigenvalue weighted by Gasteiger charge is 2.57. The molecule has 3 saturated heterocycles. The van der Waals surface area contributed by atoms with Crippen molar-refractivity contribution in [3.8, 4) is 0 Å². The molecule has 0 aromatic carbocycles. The predicted molar refractivity (Wildman–Crippen MR) is 110 cm³/mol. The molecule has 0 amide bonds. The zero-order valence-electron chi connectivity index (χ0n) is 18.2. The first kappa shape index (κ1) is 22.7. The molecule has 3 aliphatic rings. The average molecular weight is 383 g/mol. The monoisotopic (exact) mass is 382 g/mol. The first-order valence-corrected chi connectivity index (χ1v) is 11.7. The van der Waals surface area contributed by atoms with Gasteiger partial charge in [0.05, 0.1) is 32.7 Å². The number of unbranched alkanes of at least 4 members (excludes halogenated alkanes) is 3. The average Bonchev–Trinajstić information content (AvgIpc) is 2.69. The van der Waals surface area contributed by atoms with Gasteiger partial charge in [-0.25, -0.2) is 0 Å². The molecule has 0 saturated carbocycles. The lowest BCUT2D eigenvalue weighted by Gasteiger charge is -2.61. The van der Waals surface area contributed by atoms with Gasteiger partial charge >= 0.3 is 5.97 Å². The molecule has 1 atom stereocenters. The predicted octanol–water partition coefficient (Wildman–Crippen LogP) is 4.83. The molecule has 3 aliphatic heterocycles. The number of carbonyl (C=O) groups excluding carboxylic acids is 1. The molecule has 4 nitrogen and oxygen atoms in total. The summed E-state index contributed by atoms with van der Waals surface area (Å²) in [5.41, 5.74) is -0.165. The molecule has 1 unspecified atom stereocenters. The summed E-state index contributed by atoms with van der Waals surface area (Å²) in [6.07, 6.45) is 12.0. The molecule has 3 fully saturated rings. The third kappa shape index (κ3) is 5.26. The normalized spacial score (nSPS) is 26.1. The number of nitrogens with zero attached hydrogens (tertiary/aromatic N) is 1. The molecule has 0 aromatic rings. The summed E-state index contributed by atoms with van der Waals surface area (Å²) in [5, 5.41) is 11.5. The van der Waals surface area contributed by atoms with Gasteiger partial charge in [-0.05, 0) is 44.4 Å². The fraction of sp³-hybridized carbons (Fsp3) is 0.957. The number of fused-ring (bicyclic) bond motifs is 3. The Morgan fingerprint density at radius 3 is 2.00 bits per heavy atom. The number of aliphatic hydroxyl groups excluding tert-OH is 1. The van der Waals surface area contributed by atoms with Gasteiger partial charge in [-0.15, -0.1) is 0 Å². The van der Waals surface area contributed by atoms with E-state index in [2.05, 4.69) is 20.8 Å². The molecule has 2 bridgehead atoms. The molecule has 0 spiro atoms. The van der Waals surface area contributed by atoms with Gasteiger partial charge in [-0.3, -0.25) is 4.79 Å². The number of quaternary nitrogens is 1. The first-order chi connectivity index (χ1) is 13.0. The van der Waals surface area contributed by atoms with E-state index in [1.54, 1.807) is 0 Å². The second-order valence-electron chi connectivity index (χ2n) is 9.15. The van der Waals surface area contributed by atoms with Crippen molar-refractivity contribution in [3.63, 3.8) is 0 Å². The number of hydrogen-bond donors (Lipinski definition) is 1. The van der Waals surface area contributed by atoms with Crippen LogP contribution in [0.5, 0.6) is 0 Å². The van der Waals surface area contributed by atoms with Crippen LogP contribution in [0.1, 0.15) is 97.8 Å². The number of carbonyl (C=O) groups is 1. The van der Waals surface area contributed by atoms with Crippen molar-refractivity contribution in [3.05, 3.63) is 0 Å². The lowest BCUT2D eigenvalue weighted by atomic mass is 9.72. The minimum atomic E-state index is -0.584. The Labute approximate surface area is 167 Å². The SMILES string of the molecule is CCCCOC(=O)CC(O)C(CCCC)(CCCC)[N+]12CCC(CC1)CC2. The van der Waals surface area contributed by atoms with E-state index in [4.69, 9.17) is 4.74 Å². The molecule has 0 aliphatic carbocycles. The molecule has 4 heteroatoms. The summed E-state index contributed by atoms with van der Waals surface area (Å²) in [6, 6.07) is 0. The summed E-state index contributed by atoms with van der Waals surface area (Å²) < 4.78 is 6.48. The minimum absolute atomic E-state index is 0.165. The van der Waals surface area contributed by atoms with Crippen LogP contribution in [0.15, 0.2) is 0 Å². The number of esters is 1. The van der Waals surface area contributed by atoms with Gasteiger partial charge in [0.15, 0.2) is 0 Å². The maximum atomic E-state index is 12.4. The maximum Gasteiger partial charge on any atom is 0.308 e. The Kier molecular flexibility index (Phi) is 9.07. The zero-order chi connectivity index (χ0) is 19.8. The number of aliphatic hydroxyl groups is 1. The fourth-order valence-electron chi connectivity index (χ4n) is 5.68. The van der Waals surface area contributed by atoms with Crippen LogP contribution in [0, 0.1) is 5.92 Å². The number of piperidine rings is 3. The lowest BCUT2D eigenvalue weighted by Crippen LogP contribution is -2.74. The first-order valence-electron chi connectivity index (χ1n) is 11.7. The summed E-state index contributed by atoms with van der Waals surface area (Å²) in [7, 11) is 0. The number of hydrogen-bond acceptors (Lipinski definition) is 3. The van der Waals surface area contributed by atoms with Crippen LogP contribution in [0.2, 0.25) is 0 Å². The minimum Gasteiger partial charge on any atom is -0.466 e. The standard InChI is InChI=1S/C23H44NO3/c1-4-7-13-23(14-8-5-2,21(25)19-22(26)27-18-9-6-3)24-15-10-20(11-16-24)12-17-24/h20-21,25H,4-19H2,1-3H3/q+1. The largest absolute Gasteiger partial charge is 0.466 e. The Balaban J connectivity index is 2.21. The summed E-state index contributed by atoms with van der Waals surface area (Å²) in [5.74, 6) is 0.689. The molecular weight excluding hydrogens is 338 g/mol. The Morgan fingerprint density at radius 2 is 1.52 bits per heavy atom. The van der Waals surface area contributed by atoms with E-state index in [1.807, 2.05) is 0 Å². The third-order valence-electron chi connectivity index (χ3n) is 7.51. The van der Waals surface area contributed by atoms with Gasteiger partial charge in [-0.2, -0.15) is 0 Å². The summed E-state index contributed by atoms with van der Waals surface area (Å²) in [6.45, 7) is 10.6. The van der Waals surface area contributed by atoms with Crippen molar-refractivity contribution in [2.24, 2.45) is 5.92 Å². The van der Waals surface area contributed by atoms with E-state index in [0.717, 1.165) is 61.8 Å². The van der Waals surface area contributed by atoms with Gasteiger partial charge in [0.1, 0.15) is 11.6 Å². The summed E-state index contributed by atoms with van der Waals surface area (Å²) >= 11 is 0. The Morgan fingerprint density at radius 1 is 1.00 bits per heavy atom. The van der Waals surface area contributed by atoms with Crippen molar-refractivity contribution in [2.45, 2.75) is 109 Å². The van der Waals surface area contributed by atoms with Gasteiger partial charge in [-0.1, -0.05) is 40.0 Å². The Bertz CT molecular complexity index is 421. The highest BCUT2D eigenvalue weighted by Crippen LogP contribution is 2.47. The summed E-state index contributed by atoms with van der Waals surface area (Å²) in [4.78, 5) is 12.4. The Hall–Kier alpha value is -0.610. The van der Waals surface area contributed by atoms with Crippen molar-refractivity contribution < 1.29 is 19.1 Å². The second-order valence-corrected chi connectivity index (χ2v) is 9.15. The van der Waals surface area contributed by atoms with Crippen molar-refractivity contribution in [1.29, 1.82) is 0 Å². The molecule has 3 rings (SSSR count). The maximum absolute atomic E-state index is 12.4. The molecule has 27 heavy (non-hydrogen) atoms. The lowest BCUT2D eigenvalue weighted by molar-refractivity contribution is -0.993. The van der Waals surface area contributed by atoms with Crippen molar-refractivity contribution in [2.75, 3.05) is 26.2 Å². The van der Waals surface area contributed by atoms with Gasteiger partial charge in [0.25, 0.3) is 0 Å². The fourth-order valence-corrected chi connectivity index (χ4v) is 5.68. The highest BCUT2D eigenvalue weighted by atomic mass is 16.5. The van der Waals surface area contributed by atoms with Crippen LogP contribution < -0.4 is 0 Å². The smallest absolute Gasteiger partial charge is 0.308 e. The van der Waals surface area contributed by atoms with Crippen molar-refractivity contribution >= 4 is 5.97 Å². The highest BCUT2D eigenvalue weighted by molar-refractivity contribution is 5.70. The molecule has 0 aromatic heterocycles. The van der Waals surface area contributed by atoms with Crippen LogP contribution in [-0.4, -0.2) is 53.4 Å². The molecular formula is C23H44NO3+. The zero-order valence-corrected chi connectivity index (χ0v) is 18.2. The molecule has 1 N–H and O–H groups in total. The van der Waals surface area contributed by atoms with E-state index >= 15 is 0 Å². The van der Waals surface area contributed by atoms with Gasteiger partial charge in [0.2, 0.25) is 0 Å². The van der Waals surface area contributed by atoms with Crippen molar-refractivity contribution in [1.82, 2.24) is 0 Å². The van der Waals surface area contributed by atoms with E-state index in [-0.39, 0.29) is 17.9 Å². The quantitative estimate of drug-likeness (QED) is 0.282.